The quantitative estimate of drug-likeness (QED) is 0.735. The highest BCUT2D eigenvalue weighted by Gasteiger charge is 2.45. The summed E-state index contributed by atoms with van der Waals surface area (Å²) < 4.78 is 59.8. The molecule has 4 rings (SSSR count). The Labute approximate surface area is 153 Å². The normalized spacial score (nSPS) is 24.6. The van der Waals surface area contributed by atoms with E-state index in [4.69, 9.17) is 4.74 Å². The molecule has 0 radical (unpaired) electrons. The van der Waals surface area contributed by atoms with Crippen LogP contribution in [0.25, 0.3) is 0 Å². The highest BCUT2D eigenvalue weighted by molar-refractivity contribution is 5.83. The summed E-state index contributed by atoms with van der Waals surface area (Å²) in [6, 6.07) is 11.6. The Morgan fingerprint density at radius 2 is 1.93 bits per heavy atom. The van der Waals surface area contributed by atoms with Crippen molar-refractivity contribution >= 4 is 5.91 Å². The molecular formula is C20H17F4NO2. The van der Waals surface area contributed by atoms with Crippen LogP contribution < -0.4 is 4.74 Å². The molecule has 2 atom stereocenters. The largest absolute Gasteiger partial charge is 0.480 e. The summed E-state index contributed by atoms with van der Waals surface area (Å²) in [6.07, 6.45) is -4.89. The van der Waals surface area contributed by atoms with E-state index in [1.165, 1.54) is 17.0 Å². The number of rotatable bonds is 2. The summed E-state index contributed by atoms with van der Waals surface area (Å²) in [5.41, 5.74) is -2.03. The van der Waals surface area contributed by atoms with Gasteiger partial charge in [-0.1, -0.05) is 30.3 Å². The van der Waals surface area contributed by atoms with Crippen LogP contribution in [-0.4, -0.2) is 30.0 Å². The van der Waals surface area contributed by atoms with Crippen molar-refractivity contribution in [2.45, 2.75) is 30.8 Å². The lowest BCUT2D eigenvalue weighted by Crippen LogP contribution is -2.41. The first-order chi connectivity index (χ1) is 12.8. The molecule has 2 aromatic rings. The number of carbonyl (C=O) groups is 1. The summed E-state index contributed by atoms with van der Waals surface area (Å²) in [4.78, 5) is 14.1. The van der Waals surface area contributed by atoms with Crippen LogP contribution in [0.5, 0.6) is 5.75 Å². The summed E-state index contributed by atoms with van der Waals surface area (Å²) in [7, 11) is 0. The molecule has 27 heavy (non-hydrogen) atoms. The van der Waals surface area contributed by atoms with E-state index in [-0.39, 0.29) is 31.0 Å². The first-order valence-corrected chi connectivity index (χ1v) is 8.66. The van der Waals surface area contributed by atoms with Crippen molar-refractivity contribution in [2.75, 3.05) is 13.1 Å². The Kier molecular flexibility index (Phi) is 4.13. The molecule has 7 heteroatoms. The van der Waals surface area contributed by atoms with Crippen LogP contribution in [0.2, 0.25) is 0 Å². The molecule has 2 unspecified atom stereocenters. The lowest BCUT2D eigenvalue weighted by atomic mass is 9.93. The standard InChI is InChI=1S/C20H17F4NO2/c21-19(14-5-3-6-15(11-14)20(22,23)24)8-9-25(12-19)18(26)17-10-13-4-1-2-7-16(13)27-17/h1-7,11,17H,8-10,12H2. The zero-order chi connectivity index (χ0) is 19.2. The van der Waals surface area contributed by atoms with Gasteiger partial charge in [0.2, 0.25) is 0 Å². The molecule has 2 aliphatic rings. The van der Waals surface area contributed by atoms with Gasteiger partial charge in [-0.25, -0.2) is 4.39 Å². The molecule has 1 fully saturated rings. The highest BCUT2D eigenvalue weighted by Crippen LogP contribution is 2.40. The third kappa shape index (κ3) is 3.26. The molecule has 0 saturated carbocycles. The van der Waals surface area contributed by atoms with E-state index in [0.29, 0.717) is 12.2 Å². The van der Waals surface area contributed by atoms with Crippen molar-refractivity contribution in [2.24, 2.45) is 0 Å². The van der Waals surface area contributed by atoms with E-state index in [0.717, 1.165) is 17.7 Å². The lowest BCUT2D eigenvalue weighted by Gasteiger charge is -2.24. The van der Waals surface area contributed by atoms with Crippen LogP contribution in [0.4, 0.5) is 17.6 Å². The Morgan fingerprint density at radius 1 is 1.15 bits per heavy atom. The number of ether oxygens (including phenoxy) is 1. The molecule has 1 amide bonds. The molecule has 0 N–H and O–H groups in total. The molecule has 1 saturated heterocycles. The zero-order valence-corrected chi connectivity index (χ0v) is 14.3. The van der Waals surface area contributed by atoms with Gasteiger partial charge in [0.05, 0.1) is 12.1 Å². The SMILES string of the molecule is O=C(C1Cc2ccccc2O1)N1CCC(F)(c2cccc(C(F)(F)F)c2)C1. The molecule has 2 aliphatic heterocycles. The predicted molar refractivity (Wildman–Crippen MR) is 90.0 cm³/mol. The lowest BCUT2D eigenvalue weighted by molar-refractivity contribution is -0.138. The number of halogens is 4. The van der Waals surface area contributed by atoms with Crippen LogP contribution in [0.1, 0.15) is 23.1 Å². The van der Waals surface area contributed by atoms with Crippen molar-refractivity contribution in [3.8, 4) is 5.75 Å². The second-order valence-electron chi connectivity index (χ2n) is 6.97. The van der Waals surface area contributed by atoms with Gasteiger partial charge in [0.25, 0.3) is 5.91 Å². The van der Waals surface area contributed by atoms with Gasteiger partial charge in [0.15, 0.2) is 11.8 Å². The number of hydrogen-bond donors (Lipinski definition) is 0. The summed E-state index contributed by atoms with van der Waals surface area (Å²) in [6.45, 7) is -0.134. The summed E-state index contributed by atoms with van der Waals surface area (Å²) in [5, 5.41) is 0. The number of nitrogens with zero attached hydrogens (tertiary/aromatic N) is 1. The number of benzene rings is 2. The summed E-state index contributed by atoms with van der Waals surface area (Å²) >= 11 is 0. The van der Waals surface area contributed by atoms with Crippen LogP contribution >= 0.6 is 0 Å². The number of hydrogen-bond acceptors (Lipinski definition) is 2. The Morgan fingerprint density at radius 3 is 2.67 bits per heavy atom. The second-order valence-corrected chi connectivity index (χ2v) is 6.97. The molecule has 3 nitrogen and oxygen atoms in total. The number of para-hydroxylation sites is 1. The monoisotopic (exact) mass is 379 g/mol. The van der Waals surface area contributed by atoms with Crippen molar-refractivity contribution in [3.05, 3.63) is 65.2 Å². The molecule has 0 aromatic heterocycles. The minimum atomic E-state index is -4.54. The van der Waals surface area contributed by atoms with Crippen LogP contribution in [0, 0.1) is 0 Å². The van der Waals surface area contributed by atoms with E-state index in [2.05, 4.69) is 0 Å². The maximum Gasteiger partial charge on any atom is 0.416 e. The number of amides is 1. The second kappa shape index (κ2) is 6.25. The Hall–Kier alpha value is -2.57. The molecular weight excluding hydrogens is 362 g/mol. The molecule has 142 valence electrons. The minimum Gasteiger partial charge on any atom is -0.480 e. The average molecular weight is 379 g/mol. The van der Waals surface area contributed by atoms with E-state index in [1.807, 2.05) is 18.2 Å². The van der Waals surface area contributed by atoms with E-state index in [9.17, 15) is 18.0 Å². The van der Waals surface area contributed by atoms with Crippen LogP contribution in [-0.2, 0) is 23.1 Å². The van der Waals surface area contributed by atoms with E-state index < -0.39 is 23.5 Å². The molecule has 0 spiro atoms. The average Bonchev–Trinajstić information content (AvgIpc) is 3.25. The number of fused-ring (bicyclic) bond motifs is 1. The van der Waals surface area contributed by atoms with Crippen molar-refractivity contribution in [1.82, 2.24) is 4.90 Å². The molecule has 0 bridgehead atoms. The van der Waals surface area contributed by atoms with Gasteiger partial charge in [-0.3, -0.25) is 4.79 Å². The fraction of sp³-hybridized carbons (Fsp3) is 0.350. The minimum absolute atomic E-state index is 0.0419. The maximum absolute atomic E-state index is 15.4. The molecule has 0 aliphatic carbocycles. The van der Waals surface area contributed by atoms with Gasteiger partial charge in [0, 0.05) is 19.4 Å². The maximum atomic E-state index is 15.4. The van der Waals surface area contributed by atoms with Crippen molar-refractivity contribution in [3.63, 3.8) is 0 Å². The fourth-order valence-electron chi connectivity index (χ4n) is 3.69. The van der Waals surface area contributed by atoms with Crippen molar-refractivity contribution < 1.29 is 27.1 Å². The van der Waals surface area contributed by atoms with E-state index in [1.54, 1.807) is 6.07 Å². The van der Waals surface area contributed by atoms with Gasteiger partial charge in [0.1, 0.15) is 5.75 Å². The van der Waals surface area contributed by atoms with Gasteiger partial charge >= 0.3 is 6.18 Å². The Bertz CT molecular complexity index is 857. The number of alkyl halides is 4. The molecule has 2 aromatic carbocycles. The number of carbonyl (C=O) groups excluding carboxylic acids is 1. The van der Waals surface area contributed by atoms with Gasteiger partial charge in [-0.2, -0.15) is 13.2 Å². The Balaban J connectivity index is 1.49. The topological polar surface area (TPSA) is 29.5 Å². The first-order valence-electron chi connectivity index (χ1n) is 8.66. The fourth-order valence-corrected chi connectivity index (χ4v) is 3.69. The van der Waals surface area contributed by atoms with Gasteiger partial charge in [-0.15, -0.1) is 0 Å². The van der Waals surface area contributed by atoms with Crippen LogP contribution in [0.15, 0.2) is 48.5 Å². The number of likely N-dealkylation sites (tertiary alicyclic amines) is 1. The van der Waals surface area contributed by atoms with Gasteiger partial charge < -0.3 is 9.64 Å². The third-order valence-electron chi connectivity index (χ3n) is 5.16. The smallest absolute Gasteiger partial charge is 0.416 e. The molecule has 2 heterocycles. The summed E-state index contributed by atoms with van der Waals surface area (Å²) in [5.74, 6) is 0.303. The zero-order valence-electron chi connectivity index (χ0n) is 14.3. The first kappa shape index (κ1) is 17.8. The third-order valence-corrected chi connectivity index (χ3v) is 5.16. The van der Waals surface area contributed by atoms with Gasteiger partial charge in [-0.05, 0) is 29.3 Å². The predicted octanol–water partition coefficient (Wildman–Crippen LogP) is 4.11. The van der Waals surface area contributed by atoms with Crippen molar-refractivity contribution in [1.29, 1.82) is 0 Å². The highest BCUT2D eigenvalue weighted by atomic mass is 19.4. The van der Waals surface area contributed by atoms with Crippen LogP contribution in [0.3, 0.4) is 0 Å². The van der Waals surface area contributed by atoms with E-state index >= 15 is 4.39 Å².